The molecule has 0 amide bonds. The smallest absolute Gasteiger partial charge is 0.310 e. The third-order valence-electron chi connectivity index (χ3n) is 2.83. The van der Waals surface area contributed by atoms with Gasteiger partial charge in [-0.25, -0.2) is 0 Å². The molecule has 0 aromatic heterocycles. The zero-order valence-electron chi connectivity index (χ0n) is 8.35. The molecule has 1 atom stereocenters. The van der Waals surface area contributed by atoms with Crippen LogP contribution in [0, 0.1) is 11.8 Å². The van der Waals surface area contributed by atoms with Gasteiger partial charge in [0.25, 0.3) is 0 Å². The van der Waals surface area contributed by atoms with Crippen molar-refractivity contribution in [3.8, 4) is 0 Å². The Kier molecular flexibility index (Phi) is 4.66. The van der Waals surface area contributed by atoms with Gasteiger partial charge in [0, 0.05) is 6.61 Å². The molecule has 2 N–H and O–H groups in total. The summed E-state index contributed by atoms with van der Waals surface area (Å²) in [6, 6.07) is 0. The van der Waals surface area contributed by atoms with Gasteiger partial charge in [-0.3, -0.25) is 4.79 Å². The van der Waals surface area contributed by atoms with E-state index in [-0.39, 0.29) is 12.5 Å². The van der Waals surface area contributed by atoms with Crippen molar-refractivity contribution in [2.45, 2.75) is 32.1 Å². The molecule has 1 aliphatic rings. The first kappa shape index (κ1) is 11.2. The monoisotopic (exact) mass is 198 g/mol. The molecule has 0 saturated heterocycles. The number of carboxylic acids is 1. The predicted octanol–water partition coefficient (Wildman–Crippen LogP) is 1.82. The van der Waals surface area contributed by atoms with Crippen LogP contribution in [0.2, 0.25) is 0 Å². The van der Waals surface area contributed by atoms with Gasteiger partial charge in [0.15, 0.2) is 0 Å². The summed E-state index contributed by atoms with van der Waals surface area (Å²) in [6.45, 7) is 0.0908. The molecule has 3 nitrogen and oxygen atoms in total. The molecule has 80 valence electrons. The molecule has 1 aliphatic carbocycles. The Bertz CT molecular complexity index is 205. The molecule has 0 aromatic rings. The van der Waals surface area contributed by atoms with Crippen LogP contribution in [0.25, 0.3) is 0 Å². The Morgan fingerprint density at radius 1 is 1.43 bits per heavy atom. The van der Waals surface area contributed by atoms with Crippen LogP contribution in [0.3, 0.4) is 0 Å². The van der Waals surface area contributed by atoms with Crippen molar-refractivity contribution in [3.63, 3.8) is 0 Å². The molecule has 1 rings (SSSR count). The van der Waals surface area contributed by atoms with E-state index in [0.29, 0.717) is 12.3 Å². The van der Waals surface area contributed by atoms with Crippen molar-refractivity contribution in [2.75, 3.05) is 6.61 Å². The van der Waals surface area contributed by atoms with E-state index in [2.05, 4.69) is 0 Å². The van der Waals surface area contributed by atoms with Crippen LogP contribution in [-0.2, 0) is 4.79 Å². The molecule has 1 unspecified atom stereocenters. The second kappa shape index (κ2) is 5.81. The van der Waals surface area contributed by atoms with Crippen LogP contribution < -0.4 is 0 Å². The minimum atomic E-state index is -0.730. The standard InChI is InChI=1S/C11H18O3/c12-8-4-3-7-10(11(13)14)9-5-1-2-6-9/h3,7,9-10,12H,1-2,4-6,8H2,(H,13,14). The first-order chi connectivity index (χ1) is 6.75. The Hall–Kier alpha value is -0.830. The van der Waals surface area contributed by atoms with E-state index >= 15 is 0 Å². The van der Waals surface area contributed by atoms with Crippen molar-refractivity contribution in [1.82, 2.24) is 0 Å². The summed E-state index contributed by atoms with van der Waals surface area (Å²) in [7, 11) is 0. The predicted molar refractivity (Wildman–Crippen MR) is 53.9 cm³/mol. The second-order valence-corrected chi connectivity index (χ2v) is 3.85. The number of hydrogen-bond acceptors (Lipinski definition) is 2. The van der Waals surface area contributed by atoms with Crippen LogP contribution in [0.5, 0.6) is 0 Å². The Morgan fingerprint density at radius 3 is 2.57 bits per heavy atom. The number of aliphatic hydroxyl groups is 1. The van der Waals surface area contributed by atoms with E-state index in [0.717, 1.165) is 25.7 Å². The largest absolute Gasteiger partial charge is 0.481 e. The van der Waals surface area contributed by atoms with Gasteiger partial charge in [-0.05, 0) is 25.2 Å². The van der Waals surface area contributed by atoms with E-state index in [1.165, 1.54) is 0 Å². The van der Waals surface area contributed by atoms with Gasteiger partial charge in [0.2, 0.25) is 0 Å². The van der Waals surface area contributed by atoms with Gasteiger partial charge in [0.05, 0.1) is 5.92 Å². The molecule has 1 saturated carbocycles. The summed E-state index contributed by atoms with van der Waals surface area (Å²) in [5.41, 5.74) is 0. The Labute approximate surface area is 84.4 Å². The zero-order valence-corrected chi connectivity index (χ0v) is 8.35. The first-order valence-electron chi connectivity index (χ1n) is 5.26. The number of carbonyl (C=O) groups is 1. The van der Waals surface area contributed by atoms with Gasteiger partial charge < -0.3 is 10.2 Å². The molecule has 1 fully saturated rings. The normalized spacial score (nSPS) is 20.4. The van der Waals surface area contributed by atoms with E-state index in [4.69, 9.17) is 10.2 Å². The minimum Gasteiger partial charge on any atom is -0.481 e. The maximum atomic E-state index is 11.0. The highest BCUT2D eigenvalue weighted by atomic mass is 16.4. The second-order valence-electron chi connectivity index (χ2n) is 3.85. The number of carboxylic acid groups (broad SMARTS) is 1. The SMILES string of the molecule is O=C(O)C(C=CCCO)C1CCCC1. The average Bonchev–Trinajstić information content (AvgIpc) is 2.64. The fraction of sp³-hybridized carbons (Fsp3) is 0.727. The zero-order chi connectivity index (χ0) is 10.4. The lowest BCUT2D eigenvalue weighted by atomic mass is 9.90. The summed E-state index contributed by atoms with van der Waals surface area (Å²) < 4.78 is 0. The van der Waals surface area contributed by atoms with Gasteiger partial charge >= 0.3 is 5.97 Å². The van der Waals surface area contributed by atoms with Crippen molar-refractivity contribution in [2.24, 2.45) is 11.8 Å². The fourth-order valence-corrected chi connectivity index (χ4v) is 2.07. The van der Waals surface area contributed by atoms with Gasteiger partial charge in [-0.2, -0.15) is 0 Å². The summed E-state index contributed by atoms with van der Waals surface area (Å²) in [4.78, 5) is 11.0. The fourth-order valence-electron chi connectivity index (χ4n) is 2.07. The third kappa shape index (κ3) is 3.14. The first-order valence-corrected chi connectivity index (χ1v) is 5.26. The number of aliphatic hydroxyl groups excluding tert-OH is 1. The van der Waals surface area contributed by atoms with Gasteiger partial charge in [-0.1, -0.05) is 25.0 Å². The molecular weight excluding hydrogens is 180 g/mol. The molecule has 0 spiro atoms. The minimum absolute atomic E-state index is 0.0908. The number of rotatable bonds is 5. The summed E-state index contributed by atoms with van der Waals surface area (Å²) >= 11 is 0. The Balaban J connectivity index is 2.49. The highest BCUT2D eigenvalue weighted by molar-refractivity contribution is 5.72. The van der Waals surface area contributed by atoms with E-state index < -0.39 is 5.97 Å². The molecule has 0 aromatic carbocycles. The summed E-state index contributed by atoms with van der Waals surface area (Å²) in [5.74, 6) is -0.766. The number of aliphatic carboxylic acids is 1. The highest BCUT2D eigenvalue weighted by Crippen LogP contribution is 2.32. The lowest BCUT2D eigenvalue weighted by molar-refractivity contribution is -0.141. The van der Waals surface area contributed by atoms with E-state index in [1.807, 2.05) is 0 Å². The molecule has 3 heteroatoms. The van der Waals surface area contributed by atoms with Crippen molar-refractivity contribution in [3.05, 3.63) is 12.2 Å². The van der Waals surface area contributed by atoms with Crippen molar-refractivity contribution in [1.29, 1.82) is 0 Å². The summed E-state index contributed by atoms with van der Waals surface area (Å²) in [5, 5.41) is 17.6. The maximum absolute atomic E-state index is 11.0. The number of hydrogen-bond donors (Lipinski definition) is 2. The van der Waals surface area contributed by atoms with Crippen LogP contribution >= 0.6 is 0 Å². The molecular formula is C11H18O3. The lowest BCUT2D eigenvalue weighted by Gasteiger charge is -2.14. The molecule has 0 bridgehead atoms. The highest BCUT2D eigenvalue weighted by Gasteiger charge is 2.27. The van der Waals surface area contributed by atoms with E-state index in [9.17, 15) is 4.79 Å². The molecule has 0 heterocycles. The molecule has 0 aliphatic heterocycles. The Morgan fingerprint density at radius 2 is 2.07 bits per heavy atom. The van der Waals surface area contributed by atoms with Crippen LogP contribution in [0.15, 0.2) is 12.2 Å². The van der Waals surface area contributed by atoms with Gasteiger partial charge in [-0.15, -0.1) is 0 Å². The third-order valence-corrected chi connectivity index (χ3v) is 2.83. The van der Waals surface area contributed by atoms with Crippen LogP contribution in [-0.4, -0.2) is 22.8 Å². The average molecular weight is 198 g/mol. The lowest BCUT2D eigenvalue weighted by Crippen LogP contribution is -2.19. The quantitative estimate of drug-likeness (QED) is 0.662. The van der Waals surface area contributed by atoms with Crippen LogP contribution in [0.4, 0.5) is 0 Å². The molecule has 0 radical (unpaired) electrons. The van der Waals surface area contributed by atoms with Crippen molar-refractivity contribution < 1.29 is 15.0 Å². The molecule has 14 heavy (non-hydrogen) atoms. The maximum Gasteiger partial charge on any atom is 0.310 e. The van der Waals surface area contributed by atoms with Crippen LogP contribution in [0.1, 0.15) is 32.1 Å². The summed E-state index contributed by atoms with van der Waals surface area (Å²) in [6.07, 6.45) is 8.44. The van der Waals surface area contributed by atoms with Gasteiger partial charge in [0.1, 0.15) is 0 Å². The van der Waals surface area contributed by atoms with Crippen molar-refractivity contribution >= 4 is 5.97 Å². The topological polar surface area (TPSA) is 57.5 Å². The van der Waals surface area contributed by atoms with E-state index in [1.54, 1.807) is 12.2 Å².